The molecule has 0 aliphatic heterocycles. The molecule has 6 nitrogen and oxygen atoms in total. The summed E-state index contributed by atoms with van der Waals surface area (Å²) in [6.07, 6.45) is 3.92. The van der Waals surface area contributed by atoms with E-state index in [0.29, 0.717) is 11.3 Å². The van der Waals surface area contributed by atoms with Crippen LogP contribution in [0.15, 0.2) is 77.6 Å². The molecule has 0 saturated heterocycles. The molecular weight excluding hydrogens is 397 g/mol. The predicted octanol–water partition coefficient (Wildman–Crippen LogP) is 4.98. The Hall–Kier alpha value is -3.87. The van der Waals surface area contributed by atoms with Crippen molar-refractivity contribution in [1.82, 2.24) is 15.0 Å². The zero-order chi connectivity index (χ0) is 21.8. The summed E-state index contributed by atoms with van der Waals surface area (Å²) in [5.74, 6) is -0.310. The number of ether oxygens (including phenoxy) is 1. The number of aryl methyl sites for hydroxylation is 1. The molecule has 1 amide bonds. The summed E-state index contributed by atoms with van der Waals surface area (Å²) in [4.78, 5) is 12.9. The Morgan fingerprint density at radius 1 is 1.16 bits per heavy atom. The lowest BCUT2D eigenvalue weighted by molar-refractivity contribution is 0.0928. The molecule has 7 heteroatoms. The predicted molar refractivity (Wildman–Crippen MR) is 114 cm³/mol. The number of carbonyl (C=O) groups excluding carboxylic acids is 1. The van der Waals surface area contributed by atoms with Gasteiger partial charge in [0.25, 0.3) is 5.91 Å². The summed E-state index contributed by atoms with van der Waals surface area (Å²) in [5.41, 5.74) is 2.56. The van der Waals surface area contributed by atoms with Crippen LogP contribution in [0.3, 0.4) is 0 Å². The number of nitrogens with one attached hydrogen (secondary N) is 1. The number of benzene rings is 2. The van der Waals surface area contributed by atoms with Gasteiger partial charge >= 0.3 is 0 Å². The molecule has 2 heterocycles. The minimum absolute atomic E-state index is 0.0312. The molecule has 0 aliphatic rings. The Labute approximate surface area is 179 Å². The van der Waals surface area contributed by atoms with Gasteiger partial charge in [-0.2, -0.15) is 0 Å². The molecule has 2 aromatic heterocycles. The number of hydrogen-bond donors (Lipinski definition) is 1. The van der Waals surface area contributed by atoms with E-state index < -0.39 is 5.82 Å². The third-order valence-corrected chi connectivity index (χ3v) is 5.03. The number of para-hydroxylation sites is 1. The maximum Gasteiger partial charge on any atom is 0.274 e. The van der Waals surface area contributed by atoms with Gasteiger partial charge in [-0.05, 0) is 55.8 Å². The fourth-order valence-electron chi connectivity index (χ4n) is 3.26. The first kappa shape index (κ1) is 20.4. The van der Waals surface area contributed by atoms with E-state index in [1.807, 2.05) is 60.3 Å². The Bertz CT molecular complexity index is 1180. The van der Waals surface area contributed by atoms with E-state index in [2.05, 4.69) is 10.5 Å². The van der Waals surface area contributed by atoms with Gasteiger partial charge < -0.3 is 19.1 Å². The molecule has 4 aromatic rings. The fourth-order valence-corrected chi connectivity index (χ4v) is 3.26. The maximum atomic E-state index is 13.8. The smallest absolute Gasteiger partial charge is 0.274 e. The van der Waals surface area contributed by atoms with Crippen LogP contribution in [-0.2, 0) is 6.61 Å². The highest BCUT2D eigenvalue weighted by Gasteiger charge is 2.22. The van der Waals surface area contributed by atoms with Crippen LogP contribution >= 0.6 is 0 Å². The standard InChI is InChI=1S/C24H22FN3O3/c1-16(18-8-7-9-19(14-18)28-12-5-6-13-28)26-24(29)23-20(17(2)31-27-23)15-30-22-11-4-3-10-21(22)25/h3-14,16H,15H2,1-2H3,(H,26,29). The third kappa shape index (κ3) is 4.50. The van der Waals surface area contributed by atoms with E-state index in [4.69, 9.17) is 9.26 Å². The van der Waals surface area contributed by atoms with Crippen molar-refractivity contribution in [1.29, 1.82) is 0 Å². The summed E-state index contributed by atoms with van der Waals surface area (Å²) in [7, 11) is 0. The third-order valence-electron chi connectivity index (χ3n) is 5.03. The van der Waals surface area contributed by atoms with E-state index in [-0.39, 0.29) is 30.0 Å². The highest BCUT2D eigenvalue weighted by molar-refractivity contribution is 5.94. The first-order valence-electron chi connectivity index (χ1n) is 9.89. The van der Waals surface area contributed by atoms with Crippen LogP contribution in [0, 0.1) is 12.7 Å². The second-order valence-electron chi connectivity index (χ2n) is 7.17. The second-order valence-corrected chi connectivity index (χ2v) is 7.17. The number of aromatic nitrogens is 2. The van der Waals surface area contributed by atoms with Crippen molar-refractivity contribution in [3.63, 3.8) is 0 Å². The van der Waals surface area contributed by atoms with Gasteiger partial charge in [0.15, 0.2) is 17.3 Å². The molecule has 0 spiro atoms. The normalized spacial score (nSPS) is 11.8. The highest BCUT2D eigenvalue weighted by Crippen LogP contribution is 2.22. The van der Waals surface area contributed by atoms with E-state index in [9.17, 15) is 9.18 Å². The van der Waals surface area contributed by atoms with Crippen molar-refractivity contribution in [3.8, 4) is 11.4 Å². The van der Waals surface area contributed by atoms with Gasteiger partial charge in [-0.15, -0.1) is 0 Å². The van der Waals surface area contributed by atoms with Crippen LogP contribution in [0.4, 0.5) is 4.39 Å². The monoisotopic (exact) mass is 419 g/mol. The highest BCUT2D eigenvalue weighted by atomic mass is 19.1. The molecule has 0 radical (unpaired) electrons. The average Bonchev–Trinajstić information content (AvgIpc) is 3.43. The number of carbonyl (C=O) groups is 1. The zero-order valence-corrected chi connectivity index (χ0v) is 17.2. The first-order valence-corrected chi connectivity index (χ1v) is 9.89. The second kappa shape index (κ2) is 8.87. The van der Waals surface area contributed by atoms with E-state index >= 15 is 0 Å². The van der Waals surface area contributed by atoms with Crippen LogP contribution in [0.2, 0.25) is 0 Å². The van der Waals surface area contributed by atoms with Crippen molar-refractivity contribution in [2.45, 2.75) is 26.5 Å². The summed E-state index contributed by atoms with van der Waals surface area (Å²) < 4.78 is 26.6. The van der Waals surface area contributed by atoms with Gasteiger partial charge in [0.2, 0.25) is 0 Å². The van der Waals surface area contributed by atoms with Crippen molar-refractivity contribution in [2.24, 2.45) is 0 Å². The minimum atomic E-state index is -0.473. The summed E-state index contributed by atoms with van der Waals surface area (Å²) >= 11 is 0. The van der Waals surface area contributed by atoms with Gasteiger partial charge in [-0.3, -0.25) is 4.79 Å². The van der Waals surface area contributed by atoms with Crippen molar-refractivity contribution < 1.29 is 18.4 Å². The lowest BCUT2D eigenvalue weighted by atomic mass is 10.1. The van der Waals surface area contributed by atoms with Crippen LogP contribution in [0.5, 0.6) is 5.75 Å². The molecule has 31 heavy (non-hydrogen) atoms. The SMILES string of the molecule is Cc1onc(C(=O)NC(C)c2cccc(-n3cccc3)c2)c1COc1ccccc1F. The fraction of sp³-hybridized carbons (Fsp3) is 0.167. The molecule has 0 saturated carbocycles. The van der Waals surface area contributed by atoms with Crippen LogP contribution in [-0.4, -0.2) is 15.6 Å². The average molecular weight is 419 g/mol. The first-order chi connectivity index (χ1) is 15.0. The van der Waals surface area contributed by atoms with Crippen LogP contribution < -0.4 is 10.1 Å². The van der Waals surface area contributed by atoms with Crippen LogP contribution in [0.25, 0.3) is 5.69 Å². The minimum Gasteiger partial charge on any atom is -0.486 e. The zero-order valence-electron chi connectivity index (χ0n) is 17.2. The lowest BCUT2D eigenvalue weighted by Crippen LogP contribution is -2.28. The Balaban J connectivity index is 1.48. The van der Waals surface area contributed by atoms with E-state index in [1.54, 1.807) is 19.1 Å². The molecule has 0 aliphatic carbocycles. The molecule has 1 N–H and O–H groups in total. The van der Waals surface area contributed by atoms with Gasteiger partial charge in [-0.25, -0.2) is 4.39 Å². The number of nitrogens with zero attached hydrogens (tertiary/aromatic N) is 2. The maximum absolute atomic E-state index is 13.8. The molecule has 158 valence electrons. The van der Waals surface area contributed by atoms with Crippen LogP contribution in [0.1, 0.15) is 40.3 Å². The molecule has 0 bridgehead atoms. The largest absolute Gasteiger partial charge is 0.486 e. The van der Waals surface area contributed by atoms with Gasteiger partial charge in [0, 0.05) is 18.1 Å². The summed E-state index contributed by atoms with van der Waals surface area (Å²) in [5, 5.41) is 6.84. The number of hydrogen-bond acceptors (Lipinski definition) is 4. The van der Waals surface area contributed by atoms with E-state index in [1.165, 1.54) is 12.1 Å². The van der Waals surface area contributed by atoms with Gasteiger partial charge in [-0.1, -0.05) is 29.4 Å². The topological polar surface area (TPSA) is 69.3 Å². The molecule has 0 fully saturated rings. The van der Waals surface area contributed by atoms with Crippen molar-refractivity contribution in [3.05, 3.63) is 101 Å². The summed E-state index contributed by atoms with van der Waals surface area (Å²) in [6.45, 7) is 3.56. The molecule has 1 atom stereocenters. The number of amides is 1. The quantitative estimate of drug-likeness (QED) is 0.459. The number of rotatable bonds is 7. The van der Waals surface area contributed by atoms with Gasteiger partial charge in [0.1, 0.15) is 12.4 Å². The number of halogens is 1. The molecular formula is C24H22FN3O3. The van der Waals surface area contributed by atoms with E-state index in [0.717, 1.165) is 11.3 Å². The van der Waals surface area contributed by atoms with Crippen molar-refractivity contribution >= 4 is 5.91 Å². The molecule has 1 unspecified atom stereocenters. The molecule has 2 aromatic carbocycles. The van der Waals surface area contributed by atoms with Gasteiger partial charge in [0.05, 0.1) is 11.6 Å². The lowest BCUT2D eigenvalue weighted by Gasteiger charge is -2.15. The molecule has 4 rings (SSSR count). The Morgan fingerprint density at radius 2 is 1.94 bits per heavy atom. The Morgan fingerprint density at radius 3 is 2.71 bits per heavy atom. The Kier molecular flexibility index (Phi) is 5.84. The summed E-state index contributed by atoms with van der Waals surface area (Å²) in [6, 6.07) is 17.7. The van der Waals surface area contributed by atoms with Crippen molar-refractivity contribution in [2.75, 3.05) is 0 Å².